The maximum Gasteiger partial charge on any atom is 0.227 e. The van der Waals surface area contributed by atoms with Gasteiger partial charge in [-0.15, -0.1) is 0 Å². The van der Waals surface area contributed by atoms with Crippen LogP contribution in [0.3, 0.4) is 0 Å². The van der Waals surface area contributed by atoms with E-state index in [1.807, 2.05) is 18.7 Å². The van der Waals surface area contributed by atoms with Gasteiger partial charge in [-0.2, -0.15) is 0 Å². The summed E-state index contributed by atoms with van der Waals surface area (Å²) in [6.45, 7) is 12.4. The molecule has 1 rings (SSSR count). The van der Waals surface area contributed by atoms with Crippen molar-refractivity contribution in [2.45, 2.75) is 40.2 Å². The maximum absolute atomic E-state index is 11.6. The number of hydrogen-bond acceptors (Lipinski definition) is 1. The molecule has 0 saturated carbocycles. The van der Waals surface area contributed by atoms with Crippen molar-refractivity contribution >= 4 is 5.91 Å². The molecule has 0 aromatic heterocycles. The minimum absolute atomic E-state index is 0.235. The van der Waals surface area contributed by atoms with Gasteiger partial charge in [-0.25, -0.2) is 0 Å². The molecule has 1 amide bonds. The highest BCUT2D eigenvalue weighted by atomic mass is 16.2. The van der Waals surface area contributed by atoms with Gasteiger partial charge in [-0.1, -0.05) is 20.4 Å². The van der Waals surface area contributed by atoms with Crippen molar-refractivity contribution in [3.63, 3.8) is 0 Å². The van der Waals surface area contributed by atoms with Crippen LogP contribution < -0.4 is 0 Å². The number of rotatable bonds is 2. The molecular weight excluding hydrogens is 162 g/mol. The summed E-state index contributed by atoms with van der Waals surface area (Å²) in [5.41, 5.74) is 1.01. The molecule has 0 spiro atoms. The monoisotopic (exact) mass is 181 g/mol. The van der Waals surface area contributed by atoms with Crippen LogP contribution in [-0.4, -0.2) is 16.8 Å². The van der Waals surface area contributed by atoms with Gasteiger partial charge in [0.05, 0.1) is 0 Å². The summed E-state index contributed by atoms with van der Waals surface area (Å²) in [7, 11) is 0. The Morgan fingerprint density at radius 3 is 2.15 bits per heavy atom. The lowest BCUT2D eigenvalue weighted by atomic mass is 9.93. The zero-order valence-corrected chi connectivity index (χ0v) is 9.00. The van der Waals surface area contributed by atoms with E-state index in [0.29, 0.717) is 18.3 Å². The summed E-state index contributed by atoms with van der Waals surface area (Å²) in [4.78, 5) is 13.4. The summed E-state index contributed by atoms with van der Waals surface area (Å²) < 4.78 is 0. The number of allylic oxidation sites excluding steroid dienone is 1. The average molecular weight is 181 g/mol. The first-order valence-electron chi connectivity index (χ1n) is 4.96. The third-order valence-corrected chi connectivity index (χ3v) is 2.72. The van der Waals surface area contributed by atoms with Gasteiger partial charge in [0.25, 0.3) is 0 Å². The summed E-state index contributed by atoms with van der Waals surface area (Å²) in [6, 6.07) is 0.253. The fourth-order valence-corrected chi connectivity index (χ4v) is 1.98. The topological polar surface area (TPSA) is 20.3 Å². The van der Waals surface area contributed by atoms with Crippen LogP contribution in [0, 0.1) is 11.8 Å². The van der Waals surface area contributed by atoms with E-state index in [-0.39, 0.29) is 11.9 Å². The zero-order chi connectivity index (χ0) is 10.2. The molecule has 1 aliphatic rings. The van der Waals surface area contributed by atoms with Crippen LogP contribution >= 0.6 is 0 Å². The summed E-state index contributed by atoms with van der Waals surface area (Å²) in [6.07, 6.45) is 0.647. The van der Waals surface area contributed by atoms with Crippen LogP contribution in [0.1, 0.15) is 34.1 Å². The van der Waals surface area contributed by atoms with Crippen LogP contribution in [-0.2, 0) is 4.79 Å². The zero-order valence-electron chi connectivity index (χ0n) is 9.00. The minimum atomic E-state index is 0.235. The van der Waals surface area contributed by atoms with E-state index in [0.717, 1.165) is 5.70 Å². The standard InChI is InChI=1S/C11H19NO/c1-7(2)10-6-11(13)12(8(3)4)9(10)5/h7-8,10H,5-6H2,1-4H3. The van der Waals surface area contributed by atoms with Gasteiger partial charge in [0.1, 0.15) is 0 Å². The molecule has 0 aromatic rings. The van der Waals surface area contributed by atoms with Crippen molar-refractivity contribution in [2.24, 2.45) is 11.8 Å². The Morgan fingerprint density at radius 2 is 1.92 bits per heavy atom. The Bertz CT molecular complexity index is 230. The predicted molar refractivity (Wildman–Crippen MR) is 54.1 cm³/mol. The van der Waals surface area contributed by atoms with Crippen molar-refractivity contribution in [3.05, 3.63) is 12.3 Å². The van der Waals surface area contributed by atoms with Crippen molar-refractivity contribution in [1.82, 2.24) is 4.90 Å². The number of carbonyl (C=O) groups excluding carboxylic acids is 1. The lowest BCUT2D eigenvalue weighted by molar-refractivity contribution is -0.128. The Labute approximate surface area is 80.6 Å². The fraction of sp³-hybridized carbons (Fsp3) is 0.727. The van der Waals surface area contributed by atoms with Gasteiger partial charge in [0, 0.05) is 24.1 Å². The first-order chi connectivity index (χ1) is 5.95. The number of amides is 1. The fourth-order valence-electron chi connectivity index (χ4n) is 1.98. The van der Waals surface area contributed by atoms with Gasteiger partial charge < -0.3 is 4.90 Å². The molecule has 0 N–H and O–H groups in total. The Morgan fingerprint density at radius 1 is 1.38 bits per heavy atom. The Balaban J connectivity index is 2.82. The lowest BCUT2D eigenvalue weighted by Gasteiger charge is -2.24. The molecule has 2 nitrogen and oxygen atoms in total. The van der Waals surface area contributed by atoms with Gasteiger partial charge >= 0.3 is 0 Å². The van der Waals surface area contributed by atoms with Crippen molar-refractivity contribution in [3.8, 4) is 0 Å². The molecule has 1 fully saturated rings. The average Bonchev–Trinajstić information content (AvgIpc) is 2.26. The van der Waals surface area contributed by atoms with E-state index in [2.05, 4.69) is 20.4 Å². The van der Waals surface area contributed by atoms with Crippen LogP contribution in [0.25, 0.3) is 0 Å². The van der Waals surface area contributed by atoms with Crippen molar-refractivity contribution in [1.29, 1.82) is 0 Å². The summed E-state index contributed by atoms with van der Waals surface area (Å²) in [5, 5.41) is 0. The lowest BCUT2D eigenvalue weighted by Crippen LogP contribution is -2.30. The van der Waals surface area contributed by atoms with E-state index in [1.165, 1.54) is 0 Å². The second-order valence-electron chi connectivity index (χ2n) is 4.40. The highest BCUT2D eigenvalue weighted by Crippen LogP contribution is 2.34. The smallest absolute Gasteiger partial charge is 0.227 e. The first kappa shape index (κ1) is 10.3. The molecule has 2 heteroatoms. The number of carbonyl (C=O) groups is 1. The van der Waals surface area contributed by atoms with Gasteiger partial charge in [0.15, 0.2) is 0 Å². The largest absolute Gasteiger partial charge is 0.314 e. The van der Waals surface area contributed by atoms with E-state index >= 15 is 0 Å². The first-order valence-corrected chi connectivity index (χ1v) is 4.96. The summed E-state index contributed by atoms with van der Waals surface area (Å²) in [5.74, 6) is 1.11. The summed E-state index contributed by atoms with van der Waals surface area (Å²) >= 11 is 0. The molecule has 1 atom stereocenters. The molecule has 0 aromatic carbocycles. The molecule has 1 unspecified atom stereocenters. The highest BCUT2D eigenvalue weighted by Gasteiger charge is 2.36. The number of likely N-dealkylation sites (tertiary alicyclic amines) is 1. The van der Waals surface area contributed by atoms with Crippen molar-refractivity contribution < 1.29 is 4.79 Å². The van der Waals surface area contributed by atoms with Gasteiger partial charge in [-0.3, -0.25) is 4.79 Å². The number of hydrogen-bond donors (Lipinski definition) is 0. The van der Waals surface area contributed by atoms with Gasteiger partial charge in [0.2, 0.25) is 5.91 Å². The molecule has 1 aliphatic heterocycles. The van der Waals surface area contributed by atoms with Crippen molar-refractivity contribution in [2.75, 3.05) is 0 Å². The van der Waals surface area contributed by atoms with E-state index < -0.39 is 0 Å². The van der Waals surface area contributed by atoms with E-state index in [1.54, 1.807) is 0 Å². The maximum atomic E-state index is 11.6. The van der Waals surface area contributed by atoms with E-state index in [4.69, 9.17) is 0 Å². The molecule has 0 bridgehead atoms. The Hall–Kier alpha value is -0.790. The predicted octanol–water partition coefficient (Wildman–Crippen LogP) is 2.41. The van der Waals surface area contributed by atoms with Crippen LogP contribution in [0.5, 0.6) is 0 Å². The third kappa shape index (κ3) is 1.77. The molecule has 1 saturated heterocycles. The van der Waals surface area contributed by atoms with Crippen LogP contribution in [0.2, 0.25) is 0 Å². The van der Waals surface area contributed by atoms with Gasteiger partial charge in [-0.05, 0) is 19.8 Å². The second-order valence-corrected chi connectivity index (χ2v) is 4.40. The molecule has 0 radical (unpaired) electrons. The van der Waals surface area contributed by atoms with Crippen LogP contribution in [0.15, 0.2) is 12.3 Å². The molecular formula is C11H19NO. The highest BCUT2D eigenvalue weighted by molar-refractivity contribution is 5.82. The quantitative estimate of drug-likeness (QED) is 0.640. The molecule has 1 heterocycles. The molecule has 74 valence electrons. The normalized spacial score (nSPS) is 23.8. The third-order valence-electron chi connectivity index (χ3n) is 2.72. The SMILES string of the molecule is C=C1C(C(C)C)CC(=O)N1C(C)C. The second kappa shape index (κ2) is 3.52. The molecule has 13 heavy (non-hydrogen) atoms. The molecule has 0 aliphatic carbocycles. The Kier molecular flexibility index (Phi) is 2.79. The minimum Gasteiger partial charge on any atom is -0.314 e. The van der Waals surface area contributed by atoms with E-state index in [9.17, 15) is 4.79 Å². The number of nitrogens with zero attached hydrogens (tertiary/aromatic N) is 1. The van der Waals surface area contributed by atoms with Crippen LogP contribution in [0.4, 0.5) is 0 Å².